The van der Waals surface area contributed by atoms with E-state index in [-0.39, 0.29) is 17.5 Å². The normalized spacial score (nSPS) is 25.7. The molecular weight excluding hydrogens is 214 g/mol. The van der Waals surface area contributed by atoms with Gasteiger partial charge < -0.3 is 10.1 Å². The lowest BCUT2D eigenvalue weighted by Gasteiger charge is -2.19. The minimum atomic E-state index is -2.85. The maximum Gasteiger partial charge on any atom is 0.148 e. The zero-order chi connectivity index (χ0) is 11.5. The van der Waals surface area contributed by atoms with E-state index >= 15 is 0 Å². The van der Waals surface area contributed by atoms with Crippen molar-refractivity contribution in [3.8, 4) is 0 Å². The Balaban J connectivity index is 2.12. The molecule has 1 rings (SSSR count). The molecule has 1 atom stereocenters. The third-order valence-corrected chi connectivity index (χ3v) is 3.52. The van der Waals surface area contributed by atoms with Crippen molar-refractivity contribution in [3.63, 3.8) is 0 Å². The van der Waals surface area contributed by atoms with E-state index in [9.17, 15) is 8.42 Å². The second-order valence-corrected chi connectivity index (χ2v) is 7.13. The van der Waals surface area contributed by atoms with Crippen molar-refractivity contribution in [2.75, 3.05) is 25.1 Å². The number of hydrogen-bond acceptors (Lipinski definition) is 4. The summed E-state index contributed by atoms with van der Waals surface area (Å²) in [5, 5.41) is 3.12. The van der Waals surface area contributed by atoms with Crippen LogP contribution >= 0.6 is 0 Å². The topological polar surface area (TPSA) is 55.4 Å². The summed E-state index contributed by atoms with van der Waals surface area (Å²) in [6, 6.07) is 0. The average Bonchev–Trinajstić information content (AvgIpc) is 2.38. The van der Waals surface area contributed by atoms with Gasteiger partial charge in [-0.05, 0) is 26.7 Å². The highest BCUT2D eigenvalue weighted by molar-refractivity contribution is 7.90. The van der Waals surface area contributed by atoms with Crippen molar-refractivity contribution >= 4 is 9.84 Å². The van der Waals surface area contributed by atoms with Crippen LogP contribution < -0.4 is 5.32 Å². The van der Waals surface area contributed by atoms with Crippen LogP contribution in [0, 0.1) is 0 Å². The first-order valence-corrected chi connectivity index (χ1v) is 7.41. The van der Waals surface area contributed by atoms with E-state index in [2.05, 4.69) is 19.2 Å². The van der Waals surface area contributed by atoms with Crippen molar-refractivity contribution < 1.29 is 13.2 Å². The molecule has 0 radical (unpaired) electrons. The molecule has 0 spiro atoms. The van der Waals surface area contributed by atoms with Crippen LogP contribution in [-0.2, 0) is 14.6 Å². The monoisotopic (exact) mass is 235 g/mol. The summed E-state index contributed by atoms with van der Waals surface area (Å²) in [4.78, 5) is 0. The fourth-order valence-corrected chi connectivity index (χ4v) is 2.26. The Kier molecular flexibility index (Phi) is 4.14. The lowest BCUT2D eigenvalue weighted by Crippen LogP contribution is -2.32. The zero-order valence-corrected chi connectivity index (χ0v) is 10.6. The smallest absolute Gasteiger partial charge is 0.148 e. The third-order valence-electron chi connectivity index (χ3n) is 2.58. The molecule has 0 aromatic carbocycles. The van der Waals surface area contributed by atoms with E-state index in [1.165, 1.54) is 6.26 Å². The third kappa shape index (κ3) is 5.49. The van der Waals surface area contributed by atoms with Crippen molar-refractivity contribution in [2.45, 2.75) is 38.4 Å². The second-order valence-electron chi connectivity index (χ2n) is 4.87. The Morgan fingerprint density at radius 3 is 2.60 bits per heavy atom. The number of nitrogens with one attached hydrogen (secondary N) is 1. The van der Waals surface area contributed by atoms with Crippen LogP contribution in [0.25, 0.3) is 0 Å². The molecule has 1 aliphatic rings. The molecule has 1 heterocycles. The van der Waals surface area contributed by atoms with E-state index in [1.807, 2.05) is 0 Å². The Morgan fingerprint density at radius 2 is 2.13 bits per heavy atom. The van der Waals surface area contributed by atoms with Gasteiger partial charge in [0.15, 0.2) is 0 Å². The van der Waals surface area contributed by atoms with Gasteiger partial charge in [-0.2, -0.15) is 0 Å². The van der Waals surface area contributed by atoms with Gasteiger partial charge >= 0.3 is 0 Å². The Bertz CT molecular complexity index is 298. The van der Waals surface area contributed by atoms with Crippen molar-refractivity contribution in [3.05, 3.63) is 0 Å². The highest BCUT2D eigenvalue weighted by atomic mass is 32.2. The predicted octanol–water partition coefficient (Wildman–Crippen LogP) is 0.578. The largest absolute Gasteiger partial charge is 0.371 e. The standard InChI is InChI=1S/C10H21NO3S/c1-10(2)5-4-9(14-10)8-11-6-7-15(3,12)13/h9,11H,4-8H2,1-3H3. The highest BCUT2D eigenvalue weighted by Crippen LogP contribution is 2.28. The van der Waals surface area contributed by atoms with E-state index in [0.717, 1.165) is 19.4 Å². The summed E-state index contributed by atoms with van der Waals surface area (Å²) in [5.74, 6) is 0.198. The molecule has 1 saturated heterocycles. The summed E-state index contributed by atoms with van der Waals surface area (Å²) in [5.41, 5.74) is -0.0107. The SMILES string of the molecule is CC1(C)CCC(CNCCS(C)(=O)=O)O1. The van der Waals surface area contributed by atoms with E-state index in [4.69, 9.17) is 4.74 Å². The molecule has 0 bridgehead atoms. The van der Waals surface area contributed by atoms with Gasteiger partial charge in [-0.15, -0.1) is 0 Å². The molecule has 15 heavy (non-hydrogen) atoms. The number of rotatable bonds is 5. The van der Waals surface area contributed by atoms with Gasteiger partial charge in [0.25, 0.3) is 0 Å². The molecule has 5 heteroatoms. The van der Waals surface area contributed by atoms with Crippen LogP contribution in [0.4, 0.5) is 0 Å². The molecule has 1 N–H and O–H groups in total. The van der Waals surface area contributed by atoms with Gasteiger partial charge in [0.05, 0.1) is 17.5 Å². The molecule has 4 nitrogen and oxygen atoms in total. The number of hydrogen-bond donors (Lipinski definition) is 1. The first kappa shape index (κ1) is 12.9. The fourth-order valence-electron chi connectivity index (χ4n) is 1.74. The second kappa shape index (κ2) is 4.80. The predicted molar refractivity (Wildman–Crippen MR) is 60.8 cm³/mol. The Morgan fingerprint density at radius 1 is 1.47 bits per heavy atom. The van der Waals surface area contributed by atoms with Gasteiger partial charge in [0.2, 0.25) is 0 Å². The quantitative estimate of drug-likeness (QED) is 0.708. The Hall–Kier alpha value is -0.130. The van der Waals surface area contributed by atoms with E-state index in [0.29, 0.717) is 6.54 Å². The molecule has 0 aromatic rings. The van der Waals surface area contributed by atoms with Gasteiger partial charge in [-0.1, -0.05) is 0 Å². The molecule has 0 saturated carbocycles. The first-order chi connectivity index (χ1) is 6.79. The molecule has 90 valence electrons. The maximum absolute atomic E-state index is 10.9. The van der Waals surface area contributed by atoms with E-state index < -0.39 is 9.84 Å². The summed E-state index contributed by atoms with van der Waals surface area (Å²) < 4.78 is 27.5. The van der Waals surface area contributed by atoms with Gasteiger partial charge in [0, 0.05) is 19.3 Å². The fraction of sp³-hybridized carbons (Fsp3) is 1.00. The van der Waals surface area contributed by atoms with Crippen LogP contribution in [-0.4, -0.2) is 45.2 Å². The van der Waals surface area contributed by atoms with Crippen LogP contribution in [0.2, 0.25) is 0 Å². The minimum absolute atomic E-state index is 0.0107. The lowest BCUT2D eigenvalue weighted by atomic mass is 10.1. The van der Waals surface area contributed by atoms with Crippen LogP contribution in [0.5, 0.6) is 0 Å². The molecular formula is C10H21NO3S. The number of ether oxygens (including phenoxy) is 1. The number of sulfone groups is 1. The molecule has 0 aliphatic carbocycles. The lowest BCUT2D eigenvalue weighted by molar-refractivity contribution is -0.0139. The van der Waals surface area contributed by atoms with Gasteiger partial charge in [-0.25, -0.2) is 8.42 Å². The average molecular weight is 235 g/mol. The van der Waals surface area contributed by atoms with Crippen molar-refractivity contribution in [1.29, 1.82) is 0 Å². The zero-order valence-electron chi connectivity index (χ0n) is 9.75. The molecule has 1 fully saturated rings. The molecule has 0 aromatic heterocycles. The van der Waals surface area contributed by atoms with E-state index in [1.54, 1.807) is 0 Å². The molecule has 1 unspecified atom stereocenters. The highest BCUT2D eigenvalue weighted by Gasteiger charge is 2.30. The Labute approximate surface area is 92.3 Å². The summed E-state index contributed by atoms with van der Waals surface area (Å²) in [6.07, 6.45) is 3.62. The van der Waals surface area contributed by atoms with Gasteiger partial charge in [0.1, 0.15) is 9.84 Å². The summed E-state index contributed by atoms with van der Waals surface area (Å²) in [6.45, 7) is 5.44. The van der Waals surface area contributed by atoms with Crippen LogP contribution in [0.1, 0.15) is 26.7 Å². The maximum atomic E-state index is 10.9. The molecule has 0 amide bonds. The molecule has 1 aliphatic heterocycles. The minimum Gasteiger partial charge on any atom is -0.371 e. The van der Waals surface area contributed by atoms with Crippen molar-refractivity contribution in [2.24, 2.45) is 0 Å². The van der Waals surface area contributed by atoms with Crippen LogP contribution in [0.3, 0.4) is 0 Å². The van der Waals surface area contributed by atoms with Crippen LogP contribution in [0.15, 0.2) is 0 Å². The van der Waals surface area contributed by atoms with Crippen molar-refractivity contribution in [1.82, 2.24) is 5.32 Å². The summed E-state index contributed by atoms with van der Waals surface area (Å²) in [7, 11) is -2.85. The van der Waals surface area contributed by atoms with Gasteiger partial charge in [-0.3, -0.25) is 0 Å². The first-order valence-electron chi connectivity index (χ1n) is 5.35. The summed E-state index contributed by atoms with van der Waals surface area (Å²) >= 11 is 0.